The van der Waals surface area contributed by atoms with Crippen LogP contribution < -0.4 is 10.6 Å². The fraction of sp³-hybridized carbons (Fsp3) is 0.583. The highest BCUT2D eigenvalue weighted by Crippen LogP contribution is 2.35. The molecular weight excluding hydrogens is 404 g/mol. The SMILES string of the molecule is CC1(C)CC(CC(=O)N2CCO[C@H](c3cccc(Nc4ncccn4)n3)C2)CC(C)(C)N1. The third kappa shape index (κ3) is 5.81. The molecule has 32 heavy (non-hydrogen) atoms. The molecular formula is C24H34N6O2. The summed E-state index contributed by atoms with van der Waals surface area (Å²) in [5.74, 6) is 1.74. The van der Waals surface area contributed by atoms with E-state index in [4.69, 9.17) is 4.74 Å². The molecule has 0 unspecified atom stereocenters. The molecule has 2 saturated heterocycles. The van der Waals surface area contributed by atoms with Gasteiger partial charge in [-0.1, -0.05) is 6.07 Å². The van der Waals surface area contributed by atoms with E-state index in [1.54, 1.807) is 18.5 Å². The Morgan fingerprint density at radius 2 is 1.88 bits per heavy atom. The van der Waals surface area contributed by atoms with Crippen molar-refractivity contribution in [3.63, 3.8) is 0 Å². The minimum absolute atomic E-state index is 0.0417. The number of ether oxygens (including phenoxy) is 1. The number of piperidine rings is 1. The number of anilines is 2. The molecule has 0 saturated carbocycles. The Hall–Kier alpha value is -2.58. The molecule has 2 N–H and O–H groups in total. The first-order valence-corrected chi connectivity index (χ1v) is 11.4. The van der Waals surface area contributed by atoms with Crippen molar-refractivity contribution >= 4 is 17.7 Å². The lowest BCUT2D eigenvalue weighted by Gasteiger charge is -2.47. The van der Waals surface area contributed by atoms with Crippen molar-refractivity contribution in [2.75, 3.05) is 25.0 Å². The minimum atomic E-state index is -0.243. The van der Waals surface area contributed by atoms with Crippen LogP contribution in [-0.2, 0) is 9.53 Å². The Labute approximate surface area is 190 Å². The van der Waals surface area contributed by atoms with Crippen LogP contribution in [0.4, 0.5) is 11.8 Å². The summed E-state index contributed by atoms with van der Waals surface area (Å²) in [4.78, 5) is 28.1. The van der Waals surface area contributed by atoms with Crippen LogP contribution in [0.2, 0.25) is 0 Å². The zero-order valence-corrected chi connectivity index (χ0v) is 19.5. The molecule has 4 rings (SSSR count). The van der Waals surface area contributed by atoms with E-state index in [1.165, 1.54) is 0 Å². The van der Waals surface area contributed by atoms with Gasteiger partial charge in [0.05, 0.1) is 18.8 Å². The fourth-order valence-electron chi connectivity index (χ4n) is 5.29. The highest BCUT2D eigenvalue weighted by molar-refractivity contribution is 5.76. The summed E-state index contributed by atoms with van der Waals surface area (Å²) in [6.45, 7) is 10.6. The van der Waals surface area contributed by atoms with Gasteiger partial charge in [-0.2, -0.15) is 0 Å². The summed E-state index contributed by atoms with van der Waals surface area (Å²) in [5, 5.41) is 6.81. The van der Waals surface area contributed by atoms with Gasteiger partial charge in [0.15, 0.2) is 0 Å². The lowest BCUT2D eigenvalue weighted by molar-refractivity contribution is -0.140. The van der Waals surface area contributed by atoms with Gasteiger partial charge in [-0.25, -0.2) is 15.0 Å². The fourth-order valence-corrected chi connectivity index (χ4v) is 5.29. The number of amides is 1. The van der Waals surface area contributed by atoms with Gasteiger partial charge in [-0.3, -0.25) is 4.79 Å². The summed E-state index contributed by atoms with van der Waals surface area (Å²) in [6, 6.07) is 7.50. The zero-order valence-electron chi connectivity index (χ0n) is 19.5. The highest BCUT2D eigenvalue weighted by atomic mass is 16.5. The minimum Gasteiger partial charge on any atom is -0.368 e. The second-order valence-corrected chi connectivity index (χ2v) is 10.2. The van der Waals surface area contributed by atoms with E-state index in [-0.39, 0.29) is 23.1 Å². The third-order valence-electron chi connectivity index (χ3n) is 6.06. The van der Waals surface area contributed by atoms with Gasteiger partial charge in [0.25, 0.3) is 0 Å². The first kappa shape index (κ1) is 22.6. The molecule has 0 bridgehead atoms. The first-order valence-electron chi connectivity index (χ1n) is 11.4. The van der Waals surface area contributed by atoms with Crippen molar-refractivity contribution in [3.05, 3.63) is 42.4 Å². The Morgan fingerprint density at radius 3 is 2.59 bits per heavy atom. The Morgan fingerprint density at radius 1 is 1.16 bits per heavy atom. The lowest BCUT2D eigenvalue weighted by atomic mass is 9.74. The molecule has 2 fully saturated rings. The van der Waals surface area contributed by atoms with Gasteiger partial charge in [0.2, 0.25) is 11.9 Å². The van der Waals surface area contributed by atoms with E-state index in [1.807, 2.05) is 23.1 Å². The molecule has 1 amide bonds. The van der Waals surface area contributed by atoms with Gasteiger partial charge in [0.1, 0.15) is 11.9 Å². The van der Waals surface area contributed by atoms with Crippen LogP contribution in [0.5, 0.6) is 0 Å². The van der Waals surface area contributed by atoms with Crippen LogP contribution in [0.15, 0.2) is 36.7 Å². The van der Waals surface area contributed by atoms with Gasteiger partial charge in [0, 0.05) is 36.4 Å². The number of nitrogens with one attached hydrogen (secondary N) is 2. The van der Waals surface area contributed by atoms with Crippen LogP contribution in [0.25, 0.3) is 0 Å². The maximum absolute atomic E-state index is 13.2. The number of rotatable bonds is 5. The summed E-state index contributed by atoms with van der Waals surface area (Å²) >= 11 is 0. The predicted molar refractivity (Wildman–Crippen MR) is 123 cm³/mol. The first-order chi connectivity index (χ1) is 15.2. The normalized spacial score (nSPS) is 23.0. The van der Waals surface area contributed by atoms with Crippen LogP contribution >= 0.6 is 0 Å². The van der Waals surface area contributed by atoms with Gasteiger partial charge in [-0.05, 0) is 64.7 Å². The van der Waals surface area contributed by atoms with Crippen molar-refractivity contribution in [3.8, 4) is 0 Å². The molecule has 4 heterocycles. The maximum Gasteiger partial charge on any atom is 0.228 e. The molecule has 2 aromatic heterocycles. The molecule has 2 aliphatic heterocycles. The van der Waals surface area contributed by atoms with E-state index in [0.717, 1.165) is 18.5 Å². The number of hydrogen-bond acceptors (Lipinski definition) is 7. The number of aromatic nitrogens is 3. The predicted octanol–water partition coefficient (Wildman–Crippen LogP) is 3.46. The van der Waals surface area contributed by atoms with Crippen LogP contribution in [0.3, 0.4) is 0 Å². The molecule has 8 nitrogen and oxygen atoms in total. The molecule has 0 spiro atoms. The molecule has 1 atom stereocenters. The zero-order chi connectivity index (χ0) is 22.8. The van der Waals surface area contributed by atoms with Gasteiger partial charge < -0.3 is 20.3 Å². The lowest BCUT2D eigenvalue weighted by Crippen LogP contribution is -2.58. The van der Waals surface area contributed by atoms with Crippen LogP contribution in [0.1, 0.15) is 58.8 Å². The molecule has 8 heteroatoms. The van der Waals surface area contributed by atoms with Crippen molar-refractivity contribution in [2.45, 2.75) is 64.1 Å². The molecule has 0 aliphatic carbocycles. The number of hydrogen-bond donors (Lipinski definition) is 2. The van der Waals surface area contributed by atoms with Gasteiger partial charge in [-0.15, -0.1) is 0 Å². The molecule has 0 aromatic carbocycles. The van der Waals surface area contributed by atoms with E-state index < -0.39 is 0 Å². The Balaban J connectivity index is 1.39. The largest absolute Gasteiger partial charge is 0.368 e. The number of carbonyl (C=O) groups excluding carboxylic acids is 1. The second-order valence-electron chi connectivity index (χ2n) is 10.2. The molecule has 172 valence electrons. The number of morpholine rings is 1. The highest BCUT2D eigenvalue weighted by Gasteiger charge is 2.39. The Kier molecular flexibility index (Phi) is 6.44. The van der Waals surface area contributed by atoms with Crippen LogP contribution in [0, 0.1) is 5.92 Å². The Bertz CT molecular complexity index is 917. The third-order valence-corrected chi connectivity index (χ3v) is 6.06. The van der Waals surface area contributed by atoms with Crippen molar-refractivity contribution in [1.82, 2.24) is 25.2 Å². The van der Waals surface area contributed by atoms with E-state index in [2.05, 4.69) is 53.3 Å². The monoisotopic (exact) mass is 438 g/mol. The van der Waals surface area contributed by atoms with Crippen molar-refractivity contribution < 1.29 is 9.53 Å². The summed E-state index contributed by atoms with van der Waals surface area (Å²) in [6.07, 6.45) is 5.71. The molecule has 0 radical (unpaired) electrons. The van der Waals surface area contributed by atoms with Gasteiger partial charge >= 0.3 is 0 Å². The second kappa shape index (κ2) is 9.11. The summed E-state index contributed by atoms with van der Waals surface area (Å²) in [7, 11) is 0. The number of nitrogens with zero attached hydrogens (tertiary/aromatic N) is 4. The van der Waals surface area contributed by atoms with E-state index >= 15 is 0 Å². The topological polar surface area (TPSA) is 92.3 Å². The average Bonchev–Trinajstić information content (AvgIpc) is 2.72. The van der Waals surface area contributed by atoms with E-state index in [9.17, 15) is 4.79 Å². The number of pyridine rings is 1. The smallest absolute Gasteiger partial charge is 0.228 e. The summed E-state index contributed by atoms with van der Waals surface area (Å²) < 4.78 is 5.98. The van der Waals surface area contributed by atoms with Crippen LogP contribution in [-0.4, -0.2) is 56.5 Å². The average molecular weight is 439 g/mol. The molecule has 2 aromatic rings. The van der Waals surface area contributed by atoms with E-state index in [0.29, 0.717) is 43.8 Å². The quantitative estimate of drug-likeness (QED) is 0.738. The molecule has 2 aliphatic rings. The summed E-state index contributed by atoms with van der Waals surface area (Å²) in [5.41, 5.74) is 0.882. The standard InChI is InChI=1S/C24H34N6O2/c1-23(2)14-17(15-24(3,4)29-23)13-21(31)30-11-12-32-19(16-30)18-7-5-8-20(27-18)28-22-25-9-6-10-26-22/h5-10,17,19,29H,11-16H2,1-4H3,(H,25,26,27,28)/t19-/m0/s1. The van der Waals surface area contributed by atoms with Crippen molar-refractivity contribution in [2.24, 2.45) is 5.92 Å². The number of carbonyl (C=O) groups is 1. The van der Waals surface area contributed by atoms with Crippen molar-refractivity contribution in [1.29, 1.82) is 0 Å². The maximum atomic E-state index is 13.2.